The van der Waals surface area contributed by atoms with Gasteiger partial charge in [0.15, 0.2) is 0 Å². The Hall–Kier alpha value is -1.34. The van der Waals surface area contributed by atoms with Crippen molar-refractivity contribution >= 4 is 23.2 Å². The van der Waals surface area contributed by atoms with E-state index in [0.717, 1.165) is 51.6 Å². The van der Waals surface area contributed by atoms with Gasteiger partial charge in [-0.2, -0.15) is 0 Å². The van der Waals surface area contributed by atoms with Gasteiger partial charge in [-0.15, -0.1) is 0 Å². The molecule has 1 unspecified atom stereocenters. The zero-order valence-corrected chi connectivity index (χ0v) is 14.6. The van der Waals surface area contributed by atoms with E-state index in [-0.39, 0.29) is 11.9 Å². The number of morpholine rings is 1. The molecule has 1 amide bonds. The minimum Gasteiger partial charge on any atom is -0.379 e. The number of benzene rings is 1. The first kappa shape index (κ1) is 17.5. The van der Waals surface area contributed by atoms with Crippen LogP contribution in [0.5, 0.6) is 0 Å². The monoisotopic (exact) mass is 352 g/mol. The van der Waals surface area contributed by atoms with E-state index in [9.17, 15) is 4.79 Å². The number of rotatable bonds is 5. The van der Waals surface area contributed by atoms with Gasteiger partial charge in [-0.25, -0.2) is 0 Å². The lowest BCUT2D eigenvalue weighted by molar-refractivity contribution is -0.122. The summed E-state index contributed by atoms with van der Waals surface area (Å²) in [4.78, 5) is 17.1. The zero-order chi connectivity index (χ0) is 16.8. The molecule has 2 aliphatic rings. The number of ether oxygens (including phenoxy) is 1. The molecule has 1 aromatic carbocycles. The van der Waals surface area contributed by atoms with Gasteiger partial charge in [0.2, 0.25) is 5.91 Å². The van der Waals surface area contributed by atoms with Gasteiger partial charge in [-0.3, -0.25) is 9.69 Å². The Balaban J connectivity index is 1.55. The molecule has 132 valence electrons. The van der Waals surface area contributed by atoms with Crippen molar-refractivity contribution in [1.29, 1.82) is 0 Å². The lowest BCUT2D eigenvalue weighted by atomic mass is 10.1. The molecule has 2 saturated heterocycles. The van der Waals surface area contributed by atoms with E-state index in [2.05, 4.69) is 20.4 Å². The number of piperazine rings is 1. The van der Waals surface area contributed by atoms with E-state index in [4.69, 9.17) is 16.3 Å². The second-order valence-corrected chi connectivity index (χ2v) is 6.57. The summed E-state index contributed by atoms with van der Waals surface area (Å²) < 4.78 is 5.34. The normalized spacial score (nSPS) is 22.4. The van der Waals surface area contributed by atoms with Crippen LogP contribution >= 0.6 is 11.6 Å². The molecule has 2 fully saturated rings. The SMILES string of the molecule is O=C(NCCN1CCOCC1)C1CNCCN1c1cccc(Cl)c1. The van der Waals surface area contributed by atoms with Crippen molar-refractivity contribution < 1.29 is 9.53 Å². The van der Waals surface area contributed by atoms with E-state index < -0.39 is 0 Å². The summed E-state index contributed by atoms with van der Waals surface area (Å²) in [5.74, 6) is 0.0652. The van der Waals surface area contributed by atoms with Crippen molar-refractivity contribution in [3.05, 3.63) is 29.3 Å². The molecular formula is C17H25ClN4O2. The molecule has 2 N–H and O–H groups in total. The van der Waals surface area contributed by atoms with Crippen molar-refractivity contribution in [2.45, 2.75) is 6.04 Å². The third-order valence-electron chi connectivity index (χ3n) is 4.52. The predicted molar refractivity (Wildman–Crippen MR) is 95.7 cm³/mol. The summed E-state index contributed by atoms with van der Waals surface area (Å²) >= 11 is 6.10. The van der Waals surface area contributed by atoms with Crippen LogP contribution in [0.15, 0.2) is 24.3 Å². The molecule has 1 atom stereocenters. The number of halogens is 1. The maximum Gasteiger partial charge on any atom is 0.244 e. The Labute approximate surface area is 148 Å². The summed E-state index contributed by atoms with van der Waals surface area (Å²) in [7, 11) is 0. The third-order valence-corrected chi connectivity index (χ3v) is 4.75. The minimum atomic E-state index is -0.207. The number of nitrogens with zero attached hydrogens (tertiary/aromatic N) is 2. The van der Waals surface area contributed by atoms with Crippen LogP contribution in [0.1, 0.15) is 0 Å². The highest BCUT2D eigenvalue weighted by molar-refractivity contribution is 6.30. The van der Waals surface area contributed by atoms with Crippen molar-refractivity contribution in [3.63, 3.8) is 0 Å². The standard InChI is InChI=1S/C17H25ClN4O2/c18-14-2-1-3-15(12-14)22-7-4-19-13-16(22)17(23)20-5-6-21-8-10-24-11-9-21/h1-3,12,16,19H,4-11,13H2,(H,20,23). The van der Waals surface area contributed by atoms with Gasteiger partial charge < -0.3 is 20.3 Å². The Bertz CT molecular complexity index is 551. The van der Waals surface area contributed by atoms with Gasteiger partial charge in [0.05, 0.1) is 13.2 Å². The van der Waals surface area contributed by atoms with Gasteiger partial charge in [-0.1, -0.05) is 17.7 Å². The molecule has 0 aliphatic carbocycles. The van der Waals surface area contributed by atoms with Crippen LogP contribution in [0.3, 0.4) is 0 Å². The summed E-state index contributed by atoms with van der Waals surface area (Å²) in [5, 5.41) is 7.08. The van der Waals surface area contributed by atoms with E-state index in [1.54, 1.807) is 0 Å². The fraction of sp³-hybridized carbons (Fsp3) is 0.588. The van der Waals surface area contributed by atoms with Crippen LogP contribution in [0.4, 0.5) is 5.69 Å². The van der Waals surface area contributed by atoms with Crippen LogP contribution in [0, 0.1) is 0 Å². The van der Waals surface area contributed by atoms with Crippen molar-refractivity contribution in [2.24, 2.45) is 0 Å². The van der Waals surface area contributed by atoms with Crippen LogP contribution in [-0.4, -0.2) is 75.9 Å². The largest absolute Gasteiger partial charge is 0.379 e. The molecule has 0 radical (unpaired) electrons. The fourth-order valence-corrected chi connectivity index (χ4v) is 3.37. The predicted octanol–water partition coefficient (Wildman–Crippen LogP) is 0.567. The second kappa shape index (κ2) is 8.67. The van der Waals surface area contributed by atoms with E-state index in [0.29, 0.717) is 18.1 Å². The van der Waals surface area contributed by atoms with E-state index in [1.807, 2.05) is 24.3 Å². The quantitative estimate of drug-likeness (QED) is 0.811. The summed E-state index contributed by atoms with van der Waals surface area (Å²) in [6.45, 7) is 7.28. The molecule has 0 bridgehead atoms. The van der Waals surface area contributed by atoms with E-state index in [1.165, 1.54) is 0 Å². The molecule has 7 heteroatoms. The summed E-state index contributed by atoms with van der Waals surface area (Å²) in [6, 6.07) is 7.49. The highest BCUT2D eigenvalue weighted by Gasteiger charge is 2.28. The summed E-state index contributed by atoms with van der Waals surface area (Å²) in [5.41, 5.74) is 0.998. The Morgan fingerprint density at radius 3 is 2.96 bits per heavy atom. The van der Waals surface area contributed by atoms with Gasteiger partial charge in [0, 0.05) is 56.5 Å². The molecule has 0 aromatic heterocycles. The lowest BCUT2D eigenvalue weighted by Crippen LogP contribution is -2.58. The Morgan fingerprint density at radius 1 is 1.33 bits per heavy atom. The number of amides is 1. The molecule has 1 aromatic rings. The van der Waals surface area contributed by atoms with Crippen molar-refractivity contribution in [2.75, 3.05) is 63.9 Å². The first-order valence-corrected chi connectivity index (χ1v) is 8.92. The number of carbonyl (C=O) groups is 1. The molecule has 0 saturated carbocycles. The van der Waals surface area contributed by atoms with Gasteiger partial charge in [0.25, 0.3) is 0 Å². The lowest BCUT2D eigenvalue weighted by Gasteiger charge is -2.37. The average Bonchev–Trinajstić information content (AvgIpc) is 2.62. The third kappa shape index (κ3) is 4.60. The molecule has 6 nitrogen and oxygen atoms in total. The molecule has 24 heavy (non-hydrogen) atoms. The van der Waals surface area contributed by atoms with Crippen LogP contribution < -0.4 is 15.5 Å². The number of hydrogen-bond acceptors (Lipinski definition) is 5. The van der Waals surface area contributed by atoms with Crippen LogP contribution in [-0.2, 0) is 9.53 Å². The maximum atomic E-state index is 12.6. The van der Waals surface area contributed by atoms with Gasteiger partial charge in [-0.05, 0) is 18.2 Å². The fourth-order valence-electron chi connectivity index (χ4n) is 3.18. The molecule has 0 spiro atoms. The number of carbonyl (C=O) groups excluding carboxylic acids is 1. The van der Waals surface area contributed by atoms with Crippen molar-refractivity contribution in [3.8, 4) is 0 Å². The summed E-state index contributed by atoms with van der Waals surface area (Å²) in [6.07, 6.45) is 0. The number of anilines is 1. The first-order valence-electron chi connectivity index (χ1n) is 8.55. The highest BCUT2D eigenvalue weighted by Crippen LogP contribution is 2.22. The van der Waals surface area contributed by atoms with E-state index >= 15 is 0 Å². The van der Waals surface area contributed by atoms with Gasteiger partial charge >= 0.3 is 0 Å². The van der Waals surface area contributed by atoms with Crippen LogP contribution in [0.25, 0.3) is 0 Å². The number of nitrogens with one attached hydrogen (secondary N) is 2. The Morgan fingerprint density at radius 2 is 2.17 bits per heavy atom. The smallest absolute Gasteiger partial charge is 0.244 e. The molecular weight excluding hydrogens is 328 g/mol. The van der Waals surface area contributed by atoms with Gasteiger partial charge in [0.1, 0.15) is 6.04 Å². The number of hydrogen-bond donors (Lipinski definition) is 2. The van der Waals surface area contributed by atoms with Crippen molar-refractivity contribution in [1.82, 2.24) is 15.5 Å². The average molecular weight is 353 g/mol. The second-order valence-electron chi connectivity index (χ2n) is 6.14. The van der Waals surface area contributed by atoms with Crippen LogP contribution in [0.2, 0.25) is 5.02 Å². The highest BCUT2D eigenvalue weighted by atomic mass is 35.5. The topological polar surface area (TPSA) is 56.8 Å². The minimum absolute atomic E-state index is 0.0652. The maximum absolute atomic E-state index is 12.6. The molecule has 3 rings (SSSR count). The zero-order valence-electron chi connectivity index (χ0n) is 13.8. The molecule has 2 aliphatic heterocycles. The first-order chi connectivity index (χ1) is 11.7. The molecule has 2 heterocycles. The Kier molecular flexibility index (Phi) is 6.31.